The number of nitrogens with zero attached hydrogens (tertiary/aromatic N) is 1. The van der Waals surface area contributed by atoms with E-state index in [-0.39, 0.29) is 18.1 Å². The van der Waals surface area contributed by atoms with Crippen molar-refractivity contribution < 1.29 is 23.5 Å². The molecule has 3 aromatic rings. The Morgan fingerprint density at radius 1 is 0.970 bits per heavy atom. The molecule has 168 valence electrons. The number of halogens is 2. The van der Waals surface area contributed by atoms with Crippen LogP contribution in [0.3, 0.4) is 0 Å². The Morgan fingerprint density at radius 3 is 2.39 bits per heavy atom. The molecule has 1 aliphatic rings. The molecule has 0 aliphatic carbocycles. The fourth-order valence-corrected chi connectivity index (χ4v) is 3.40. The molecule has 3 aromatic carbocycles. The Morgan fingerprint density at radius 2 is 1.70 bits per heavy atom. The summed E-state index contributed by atoms with van der Waals surface area (Å²) in [4.78, 5) is 26.3. The van der Waals surface area contributed by atoms with Crippen molar-refractivity contribution >= 4 is 35.3 Å². The molecule has 1 saturated heterocycles. The summed E-state index contributed by atoms with van der Waals surface area (Å²) in [7, 11) is 0. The van der Waals surface area contributed by atoms with Gasteiger partial charge in [-0.1, -0.05) is 29.8 Å². The van der Waals surface area contributed by atoms with E-state index in [9.17, 15) is 14.0 Å². The zero-order chi connectivity index (χ0) is 23.4. The highest BCUT2D eigenvalue weighted by molar-refractivity contribution is 6.31. The molecule has 0 spiro atoms. The fourth-order valence-electron chi connectivity index (χ4n) is 3.27. The van der Waals surface area contributed by atoms with E-state index in [1.54, 1.807) is 60.7 Å². The molecular formula is C25H20ClFN2O4. The highest BCUT2D eigenvalue weighted by atomic mass is 35.5. The van der Waals surface area contributed by atoms with Crippen molar-refractivity contribution in [1.82, 2.24) is 5.32 Å². The lowest BCUT2D eigenvalue weighted by Crippen LogP contribution is -2.30. The van der Waals surface area contributed by atoms with E-state index < -0.39 is 11.9 Å². The zero-order valence-electron chi connectivity index (χ0n) is 17.7. The van der Waals surface area contributed by atoms with Gasteiger partial charge in [0.15, 0.2) is 11.5 Å². The van der Waals surface area contributed by atoms with Gasteiger partial charge in [0, 0.05) is 5.02 Å². The van der Waals surface area contributed by atoms with Crippen LogP contribution < -0.4 is 19.7 Å². The first-order valence-corrected chi connectivity index (χ1v) is 10.6. The Balaban J connectivity index is 1.54. The van der Waals surface area contributed by atoms with Crippen LogP contribution in [0.1, 0.15) is 18.1 Å². The van der Waals surface area contributed by atoms with Crippen molar-refractivity contribution in [2.75, 3.05) is 11.5 Å². The van der Waals surface area contributed by atoms with Gasteiger partial charge in [0.1, 0.15) is 18.1 Å². The standard InChI is InChI=1S/C25H20ClFN2O4/c1-2-32-23-14-17(5-12-22(23)33-15-16-3-8-19(27)9-4-16)13-21-24(30)29(25(31)28-21)20-10-6-18(26)7-11-20/h3-14H,2,15H2,1H3,(H,28,31)/b21-13+. The molecule has 1 fully saturated rings. The van der Waals surface area contributed by atoms with E-state index in [4.69, 9.17) is 21.1 Å². The number of imide groups is 1. The average molecular weight is 467 g/mol. The Labute approximate surface area is 195 Å². The molecule has 1 heterocycles. The third-order valence-corrected chi connectivity index (χ3v) is 5.10. The van der Waals surface area contributed by atoms with E-state index in [0.717, 1.165) is 10.5 Å². The number of benzene rings is 3. The molecule has 33 heavy (non-hydrogen) atoms. The maximum atomic E-state index is 13.1. The van der Waals surface area contributed by atoms with Gasteiger partial charge in [-0.2, -0.15) is 0 Å². The minimum absolute atomic E-state index is 0.136. The second kappa shape index (κ2) is 9.75. The highest BCUT2D eigenvalue weighted by Gasteiger charge is 2.34. The summed E-state index contributed by atoms with van der Waals surface area (Å²) in [5.74, 6) is 0.208. The van der Waals surface area contributed by atoms with E-state index >= 15 is 0 Å². The van der Waals surface area contributed by atoms with Crippen LogP contribution in [-0.4, -0.2) is 18.5 Å². The fraction of sp³-hybridized carbons (Fsp3) is 0.120. The number of nitrogens with one attached hydrogen (secondary N) is 1. The van der Waals surface area contributed by atoms with Crippen molar-refractivity contribution in [3.05, 3.63) is 94.4 Å². The second-order valence-corrected chi connectivity index (χ2v) is 7.60. The summed E-state index contributed by atoms with van der Waals surface area (Å²) in [5, 5.41) is 3.10. The van der Waals surface area contributed by atoms with Gasteiger partial charge in [0.05, 0.1) is 12.3 Å². The third kappa shape index (κ3) is 5.15. The molecule has 0 unspecified atom stereocenters. The van der Waals surface area contributed by atoms with E-state index in [1.807, 2.05) is 6.92 Å². The summed E-state index contributed by atoms with van der Waals surface area (Å²) in [6.07, 6.45) is 1.57. The summed E-state index contributed by atoms with van der Waals surface area (Å²) >= 11 is 5.89. The van der Waals surface area contributed by atoms with Crippen LogP contribution in [0, 0.1) is 5.82 Å². The van der Waals surface area contributed by atoms with Crippen molar-refractivity contribution in [2.45, 2.75) is 13.5 Å². The van der Waals surface area contributed by atoms with Crippen molar-refractivity contribution in [2.24, 2.45) is 0 Å². The molecule has 0 bridgehead atoms. The quantitative estimate of drug-likeness (QED) is 0.366. The normalized spacial score (nSPS) is 14.5. The van der Waals surface area contributed by atoms with Crippen LogP contribution in [0.15, 0.2) is 72.4 Å². The first-order chi connectivity index (χ1) is 15.9. The van der Waals surface area contributed by atoms with Gasteiger partial charge in [-0.3, -0.25) is 4.79 Å². The predicted molar refractivity (Wildman–Crippen MR) is 124 cm³/mol. The van der Waals surface area contributed by atoms with Crippen molar-refractivity contribution in [3.8, 4) is 11.5 Å². The zero-order valence-corrected chi connectivity index (χ0v) is 18.4. The second-order valence-electron chi connectivity index (χ2n) is 7.16. The van der Waals surface area contributed by atoms with Crippen LogP contribution in [0.2, 0.25) is 5.02 Å². The molecule has 6 nitrogen and oxygen atoms in total. The van der Waals surface area contributed by atoms with Gasteiger partial charge in [0.25, 0.3) is 5.91 Å². The lowest BCUT2D eigenvalue weighted by Gasteiger charge is -2.13. The van der Waals surface area contributed by atoms with E-state index in [0.29, 0.717) is 34.4 Å². The van der Waals surface area contributed by atoms with E-state index in [1.165, 1.54) is 12.1 Å². The maximum absolute atomic E-state index is 13.1. The summed E-state index contributed by atoms with van der Waals surface area (Å²) in [5.41, 5.74) is 2.02. The topological polar surface area (TPSA) is 67.9 Å². The molecule has 4 rings (SSSR count). The molecule has 1 N–H and O–H groups in total. The third-order valence-electron chi connectivity index (χ3n) is 4.85. The number of amides is 3. The van der Waals surface area contributed by atoms with Gasteiger partial charge in [0.2, 0.25) is 0 Å². The average Bonchev–Trinajstić information content (AvgIpc) is 3.08. The van der Waals surface area contributed by atoms with Gasteiger partial charge >= 0.3 is 6.03 Å². The highest BCUT2D eigenvalue weighted by Crippen LogP contribution is 2.31. The largest absolute Gasteiger partial charge is 0.490 e. The molecule has 1 aliphatic heterocycles. The molecule has 8 heteroatoms. The number of urea groups is 1. The van der Waals surface area contributed by atoms with Gasteiger partial charge < -0.3 is 14.8 Å². The van der Waals surface area contributed by atoms with Crippen molar-refractivity contribution in [3.63, 3.8) is 0 Å². The lowest BCUT2D eigenvalue weighted by molar-refractivity contribution is -0.113. The van der Waals surface area contributed by atoms with Gasteiger partial charge in [-0.15, -0.1) is 0 Å². The van der Waals surface area contributed by atoms with Crippen LogP contribution in [-0.2, 0) is 11.4 Å². The number of ether oxygens (including phenoxy) is 2. The first-order valence-electron chi connectivity index (χ1n) is 10.2. The SMILES string of the molecule is CCOc1cc(/C=C2/NC(=O)N(c3ccc(Cl)cc3)C2=O)ccc1OCc1ccc(F)cc1. The molecule has 0 radical (unpaired) electrons. The number of carbonyl (C=O) groups excluding carboxylic acids is 2. The number of hydrogen-bond acceptors (Lipinski definition) is 4. The Kier molecular flexibility index (Phi) is 6.60. The molecule has 0 atom stereocenters. The Hall–Kier alpha value is -3.84. The van der Waals surface area contributed by atoms with Gasteiger partial charge in [-0.25, -0.2) is 14.1 Å². The summed E-state index contributed by atoms with van der Waals surface area (Å²) < 4.78 is 24.6. The molecule has 0 saturated carbocycles. The molecule has 3 amide bonds. The Bertz CT molecular complexity index is 1210. The maximum Gasteiger partial charge on any atom is 0.333 e. The van der Waals surface area contributed by atoms with Crippen LogP contribution in [0.4, 0.5) is 14.9 Å². The van der Waals surface area contributed by atoms with Crippen LogP contribution in [0.5, 0.6) is 11.5 Å². The summed E-state index contributed by atoms with van der Waals surface area (Å²) in [6, 6.07) is 17.1. The minimum atomic E-state index is -0.544. The minimum Gasteiger partial charge on any atom is -0.490 e. The van der Waals surface area contributed by atoms with E-state index in [2.05, 4.69) is 5.32 Å². The van der Waals surface area contributed by atoms with Crippen molar-refractivity contribution in [1.29, 1.82) is 0 Å². The summed E-state index contributed by atoms with van der Waals surface area (Å²) in [6.45, 7) is 2.50. The van der Waals surface area contributed by atoms with Gasteiger partial charge in [-0.05, 0) is 72.7 Å². The molecule has 0 aromatic heterocycles. The first kappa shape index (κ1) is 22.4. The lowest BCUT2D eigenvalue weighted by atomic mass is 10.1. The number of hydrogen-bond donors (Lipinski definition) is 1. The number of carbonyl (C=O) groups is 2. The van der Waals surface area contributed by atoms with Crippen LogP contribution >= 0.6 is 11.6 Å². The predicted octanol–water partition coefficient (Wildman–Crippen LogP) is 5.55. The number of rotatable bonds is 7. The van der Waals surface area contributed by atoms with Crippen LogP contribution in [0.25, 0.3) is 6.08 Å². The monoisotopic (exact) mass is 466 g/mol. The molecular weight excluding hydrogens is 447 g/mol. The number of anilines is 1. The smallest absolute Gasteiger partial charge is 0.333 e.